The van der Waals surface area contributed by atoms with Crippen LogP contribution >= 0.6 is 11.3 Å². The summed E-state index contributed by atoms with van der Waals surface area (Å²) in [6.45, 7) is 6.87. The molecule has 2 N–H and O–H groups in total. The Morgan fingerprint density at radius 2 is 1.76 bits per heavy atom. The fourth-order valence-electron chi connectivity index (χ4n) is 3.82. The number of hydrogen-bond donors (Lipinski definition) is 2. The molecule has 0 aliphatic heterocycles. The number of nitrogens with zero attached hydrogens (tertiary/aromatic N) is 5. The maximum atomic E-state index is 4.66. The lowest BCUT2D eigenvalue weighted by atomic mass is 10.0. The summed E-state index contributed by atoms with van der Waals surface area (Å²) in [5, 5.41) is 6.67. The van der Waals surface area contributed by atoms with Gasteiger partial charge in [-0.15, -0.1) is 11.3 Å². The molecular formula is C26H25N7S. The molecule has 0 unspecified atom stereocenters. The van der Waals surface area contributed by atoms with E-state index in [-0.39, 0.29) is 6.04 Å². The van der Waals surface area contributed by atoms with Crippen LogP contribution < -0.4 is 10.6 Å². The van der Waals surface area contributed by atoms with Crippen LogP contribution in [0.2, 0.25) is 0 Å². The molecule has 8 heteroatoms. The molecule has 0 saturated heterocycles. The molecule has 170 valence electrons. The van der Waals surface area contributed by atoms with Crippen molar-refractivity contribution in [3.8, 4) is 22.4 Å². The molecular weight excluding hydrogens is 442 g/mol. The van der Waals surface area contributed by atoms with Crippen molar-refractivity contribution < 1.29 is 0 Å². The van der Waals surface area contributed by atoms with E-state index in [1.54, 1.807) is 11.3 Å². The third-order valence-corrected chi connectivity index (χ3v) is 6.33. The molecule has 0 bridgehead atoms. The maximum Gasteiger partial charge on any atom is 0.222 e. The highest BCUT2D eigenvalue weighted by Crippen LogP contribution is 2.28. The van der Waals surface area contributed by atoms with E-state index in [1.165, 1.54) is 0 Å². The first kappa shape index (κ1) is 21.9. The van der Waals surface area contributed by atoms with Gasteiger partial charge in [-0.25, -0.2) is 24.9 Å². The van der Waals surface area contributed by atoms with Crippen molar-refractivity contribution in [3.05, 3.63) is 77.8 Å². The first-order chi connectivity index (χ1) is 16.6. The molecule has 1 atom stereocenters. The summed E-state index contributed by atoms with van der Waals surface area (Å²) in [7, 11) is 0. The van der Waals surface area contributed by atoms with Crippen LogP contribution in [0, 0.1) is 6.92 Å². The van der Waals surface area contributed by atoms with Crippen molar-refractivity contribution >= 4 is 33.3 Å². The lowest BCUT2D eigenvalue weighted by molar-refractivity contribution is 0.868. The topological polar surface area (TPSA) is 88.5 Å². The molecule has 0 radical (unpaired) electrons. The minimum absolute atomic E-state index is 0.0491. The second-order valence-corrected chi connectivity index (χ2v) is 8.92. The quantitative estimate of drug-likeness (QED) is 0.298. The number of thiazole rings is 1. The van der Waals surface area contributed by atoms with Gasteiger partial charge in [-0.2, -0.15) is 0 Å². The van der Waals surface area contributed by atoms with Crippen LogP contribution in [0.1, 0.15) is 31.3 Å². The molecule has 3 aromatic heterocycles. The second-order valence-electron chi connectivity index (χ2n) is 8.04. The molecule has 0 aliphatic rings. The molecule has 0 saturated carbocycles. The Morgan fingerprint density at radius 3 is 2.59 bits per heavy atom. The van der Waals surface area contributed by atoms with Crippen LogP contribution in [-0.2, 0) is 0 Å². The lowest BCUT2D eigenvalue weighted by Crippen LogP contribution is -2.09. The predicted octanol–water partition coefficient (Wildman–Crippen LogP) is 6.12. The van der Waals surface area contributed by atoms with Crippen molar-refractivity contribution in [1.82, 2.24) is 24.9 Å². The highest BCUT2D eigenvalue weighted by molar-refractivity contribution is 7.16. The van der Waals surface area contributed by atoms with E-state index in [0.29, 0.717) is 5.95 Å². The summed E-state index contributed by atoms with van der Waals surface area (Å²) in [5.74, 6) is 2.16. The Bertz CT molecular complexity index is 1430. The van der Waals surface area contributed by atoms with Crippen molar-refractivity contribution in [2.75, 3.05) is 17.2 Å². The Balaban J connectivity index is 1.38. The molecule has 5 aromatic rings. The number of hydrogen-bond acceptors (Lipinski definition) is 8. The molecule has 5 rings (SSSR count). The van der Waals surface area contributed by atoms with Crippen LogP contribution in [-0.4, -0.2) is 31.5 Å². The van der Waals surface area contributed by atoms with Gasteiger partial charge >= 0.3 is 0 Å². The van der Waals surface area contributed by atoms with E-state index in [0.717, 1.165) is 56.4 Å². The van der Waals surface area contributed by atoms with Crippen LogP contribution in [0.25, 0.3) is 32.6 Å². The average Bonchev–Trinajstić information content (AvgIpc) is 3.32. The van der Waals surface area contributed by atoms with Gasteiger partial charge in [0.25, 0.3) is 0 Å². The molecule has 0 amide bonds. The number of aromatic nitrogens is 5. The zero-order valence-corrected chi connectivity index (χ0v) is 20.1. The van der Waals surface area contributed by atoms with Gasteiger partial charge in [0.05, 0.1) is 21.4 Å². The Labute approximate surface area is 202 Å². The van der Waals surface area contributed by atoms with E-state index in [9.17, 15) is 0 Å². The average molecular weight is 468 g/mol. The fraction of sp³-hybridized carbons (Fsp3) is 0.192. The largest absolute Gasteiger partial charge is 0.363 e. The van der Waals surface area contributed by atoms with Gasteiger partial charge in [0, 0.05) is 42.2 Å². The number of nitrogens with one attached hydrogen (secondary N) is 2. The summed E-state index contributed by atoms with van der Waals surface area (Å²) in [6, 6.07) is 16.7. The summed E-state index contributed by atoms with van der Waals surface area (Å²) in [4.78, 5) is 22.4. The van der Waals surface area contributed by atoms with Crippen molar-refractivity contribution in [2.24, 2.45) is 0 Å². The van der Waals surface area contributed by atoms with E-state index >= 15 is 0 Å². The number of aryl methyl sites for hydroxylation is 1. The molecule has 3 heterocycles. The molecule has 0 spiro atoms. The molecule has 34 heavy (non-hydrogen) atoms. The Morgan fingerprint density at radius 1 is 0.912 bits per heavy atom. The monoisotopic (exact) mass is 467 g/mol. The predicted molar refractivity (Wildman–Crippen MR) is 139 cm³/mol. The summed E-state index contributed by atoms with van der Waals surface area (Å²) < 4.78 is 1.15. The maximum absolute atomic E-state index is 4.66. The lowest BCUT2D eigenvalue weighted by Gasteiger charge is -2.17. The van der Waals surface area contributed by atoms with E-state index in [1.807, 2.05) is 43.9 Å². The zero-order valence-electron chi connectivity index (χ0n) is 19.3. The zero-order chi connectivity index (χ0) is 23.5. The number of fused-ring (bicyclic) bond motifs is 1. The van der Waals surface area contributed by atoms with E-state index in [2.05, 4.69) is 78.9 Å². The first-order valence-electron chi connectivity index (χ1n) is 11.2. The third-order valence-electron chi connectivity index (χ3n) is 5.54. The van der Waals surface area contributed by atoms with Gasteiger partial charge in [-0.3, -0.25) is 0 Å². The van der Waals surface area contributed by atoms with Crippen LogP contribution in [0.4, 0.5) is 11.8 Å². The van der Waals surface area contributed by atoms with Gasteiger partial charge in [-0.05, 0) is 50.1 Å². The minimum atomic E-state index is 0.0491. The van der Waals surface area contributed by atoms with Crippen molar-refractivity contribution in [3.63, 3.8) is 0 Å². The Hall–Kier alpha value is -3.91. The third kappa shape index (κ3) is 4.72. The molecule has 7 nitrogen and oxygen atoms in total. The summed E-state index contributed by atoms with van der Waals surface area (Å²) in [6.07, 6.45) is 3.70. The second kappa shape index (κ2) is 9.52. The van der Waals surface area contributed by atoms with Gasteiger partial charge in [0.2, 0.25) is 5.95 Å². The van der Waals surface area contributed by atoms with E-state index in [4.69, 9.17) is 0 Å². The van der Waals surface area contributed by atoms with Crippen molar-refractivity contribution in [2.45, 2.75) is 26.8 Å². The van der Waals surface area contributed by atoms with Crippen molar-refractivity contribution in [1.29, 1.82) is 0 Å². The van der Waals surface area contributed by atoms with Crippen LogP contribution in [0.3, 0.4) is 0 Å². The standard InChI is InChI=1S/C26H25N7S/c1-4-27-26-28-13-21(14-29-26)19-7-5-6-18(10-19)16(2)31-25-12-23(32-17(3)33-25)20-8-9-22-24(11-20)34-15-30-22/h5-16H,4H2,1-3H3,(H,27,28,29)(H,31,32,33)/t16-/m0/s1. The smallest absolute Gasteiger partial charge is 0.222 e. The van der Waals surface area contributed by atoms with E-state index < -0.39 is 0 Å². The van der Waals surface area contributed by atoms with Crippen LogP contribution in [0.5, 0.6) is 0 Å². The number of rotatable bonds is 7. The highest BCUT2D eigenvalue weighted by Gasteiger charge is 2.11. The van der Waals surface area contributed by atoms with Gasteiger partial charge in [0.15, 0.2) is 0 Å². The molecule has 2 aromatic carbocycles. The normalized spacial score (nSPS) is 12.0. The fourth-order valence-corrected chi connectivity index (χ4v) is 4.54. The molecule has 0 aliphatic carbocycles. The first-order valence-corrected chi connectivity index (χ1v) is 12.1. The van der Waals surface area contributed by atoms with Gasteiger partial charge < -0.3 is 10.6 Å². The SMILES string of the molecule is CCNc1ncc(-c2cccc([C@H](C)Nc3cc(-c4ccc5ncsc5c4)nc(C)n3)c2)cn1. The highest BCUT2D eigenvalue weighted by atomic mass is 32.1. The summed E-state index contributed by atoms with van der Waals surface area (Å²) >= 11 is 1.63. The van der Waals surface area contributed by atoms with Gasteiger partial charge in [-0.1, -0.05) is 24.3 Å². The summed E-state index contributed by atoms with van der Waals surface area (Å²) in [5.41, 5.74) is 8.03. The Kier molecular flexibility index (Phi) is 6.14. The molecule has 0 fully saturated rings. The number of anilines is 2. The van der Waals surface area contributed by atoms with Gasteiger partial charge in [0.1, 0.15) is 11.6 Å². The minimum Gasteiger partial charge on any atom is -0.363 e. The number of benzene rings is 2. The van der Waals surface area contributed by atoms with Crippen LogP contribution in [0.15, 0.2) is 66.4 Å².